The molecule has 0 spiro atoms. The van der Waals surface area contributed by atoms with Crippen LogP contribution < -0.4 is 5.32 Å². The first-order chi connectivity index (χ1) is 8.80. The van der Waals surface area contributed by atoms with Crippen molar-refractivity contribution in [1.29, 1.82) is 0 Å². The van der Waals surface area contributed by atoms with Crippen molar-refractivity contribution in [2.24, 2.45) is 5.92 Å². The van der Waals surface area contributed by atoms with Gasteiger partial charge in [-0.15, -0.1) is 0 Å². The van der Waals surface area contributed by atoms with E-state index in [2.05, 4.69) is 57.9 Å². The van der Waals surface area contributed by atoms with Crippen molar-refractivity contribution >= 4 is 0 Å². The van der Waals surface area contributed by atoms with Gasteiger partial charge in [-0.05, 0) is 39.8 Å². The number of nitrogens with one attached hydrogen (secondary N) is 1. The molecule has 0 amide bonds. The van der Waals surface area contributed by atoms with Gasteiger partial charge in [0.05, 0.1) is 12.8 Å². The summed E-state index contributed by atoms with van der Waals surface area (Å²) in [5, 5.41) is 3.47. The third-order valence-corrected chi connectivity index (χ3v) is 3.28. The van der Waals surface area contributed by atoms with E-state index in [1.165, 1.54) is 12.0 Å². The summed E-state index contributed by atoms with van der Waals surface area (Å²) in [6.07, 6.45) is 3.09. The van der Waals surface area contributed by atoms with Crippen LogP contribution in [0.1, 0.15) is 52.4 Å². The fourth-order valence-corrected chi connectivity index (χ4v) is 1.96. The first kappa shape index (κ1) is 16.3. The molecule has 0 fully saturated rings. The maximum absolute atomic E-state index is 5.63. The van der Waals surface area contributed by atoms with Gasteiger partial charge in [-0.1, -0.05) is 20.3 Å². The van der Waals surface area contributed by atoms with Crippen LogP contribution in [0, 0.1) is 5.92 Å². The summed E-state index contributed by atoms with van der Waals surface area (Å²) >= 11 is 0. The minimum Gasteiger partial charge on any atom is -0.468 e. The van der Waals surface area contributed by atoms with Gasteiger partial charge in [-0.3, -0.25) is 4.90 Å². The maximum Gasteiger partial charge on any atom is 0.118 e. The van der Waals surface area contributed by atoms with Crippen LogP contribution in [0.4, 0.5) is 0 Å². The van der Waals surface area contributed by atoms with E-state index in [0.717, 1.165) is 31.3 Å². The molecule has 0 aliphatic heterocycles. The Balaban J connectivity index is 2.42. The highest BCUT2D eigenvalue weighted by molar-refractivity contribution is 5.13. The van der Waals surface area contributed by atoms with Gasteiger partial charge < -0.3 is 9.73 Å². The first-order valence-corrected chi connectivity index (χ1v) is 7.30. The predicted molar refractivity (Wildman–Crippen MR) is 81.1 cm³/mol. The SMILES string of the molecule is CCC(C)CN(C)Cc1cc(CNC(C)(C)C)co1. The van der Waals surface area contributed by atoms with E-state index >= 15 is 0 Å². The molecule has 1 unspecified atom stereocenters. The van der Waals surface area contributed by atoms with Crippen molar-refractivity contribution in [3.05, 3.63) is 23.7 Å². The summed E-state index contributed by atoms with van der Waals surface area (Å²) in [7, 11) is 2.15. The Morgan fingerprint density at radius 3 is 2.63 bits per heavy atom. The quantitative estimate of drug-likeness (QED) is 0.816. The molecule has 0 aliphatic carbocycles. The number of nitrogens with zero attached hydrogens (tertiary/aromatic N) is 1. The standard InChI is InChI=1S/C16H30N2O/c1-7-13(2)10-18(6)11-15-8-14(12-19-15)9-17-16(3,4)5/h8,12-13,17H,7,9-11H2,1-6H3. The lowest BCUT2D eigenvalue weighted by Crippen LogP contribution is -2.34. The second-order valence-electron chi connectivity index (χ2n) is 6.73. The molecule has 1 rings (SSSR count). The lowest BCUT2D eigenvalue weighted by Gasteiger charge is -2.20. The van der Waals surface area contributed by atoms with E-state index in [1.54, 1.807) is 0 Å². The summed E-state index contributed by atoms with van der Waals surface area (Å²) in [5.41, 5.74) is 1.37. The number of rotatable bonds is 7. The van der Waals surface area contributed by atoms with E-state index in [0.29, 0.717) is 0 Å². The Bertz CT molecular complexity index is 365. The molecule has 1 N–H and O–H groups in total. The Morgan fingerprint density at radius 2 is 2.05 bits per heavy atom. The van der Waals surface area contributed by atoms with Gasteiger partial charge in [-0.25, -0.2) is 0 Å². The number of hydrogen-bond donors (Lipinski definition) is 1. The van der Waals surface area contributed by atoms with Crippen LogP contribution in [-0.4, -0.2) is 24.0 Å². The van der Waals surface area contributed by atoms with E-state index in [1.807, 2.05) is 6.26 Å². The number of furan rings is 1. The van der Waals surface area contributed by atoms with Crippen molar-refractivity contribution in [3.8, 4) is 0 Å². The molecule has 3 heteroatoms. The Labute approximate surface area is 118 Å². The molecule has 1 atom stereocenters. The van der Waals surface area contributed by atoms with Crippen molar-refractivity contribution in [2.45, 2.75) is 59.7 Å². The van der Waals surface area contributed by atoms with E-state index < -0.39 is 0 Å². The zero-order valence-corrected chi connectivity index (χ0v) is 13.4. The third kappa shape index (κ3) is 6.79. The molecule has 3 nitrogen and oxygen atoms in total. The highest BCUT2D eigenvalue weighted by Crippen LogP contribution is 2.13. The van der Waals surface area contributed by atoms with Gasteiger partial charge in [0.15, 0.2) is 0 Å². The van der Waals surface area contributed by atoms with E-state index in [-0.39, 0.29) is 5.54 Å². The third-order valence-electron chi connectivity index (χ3n) is 3.28. The highest BCUT2D eigenvalue weighted by atomic mass is 16.3. The molecule has 19 heavy (non-hydrogen) atoms. The van der Waals surface area contributed by atoms with Crippen molar-refractivity contribution in [3.63, 3.8) is 0 Å². The molecule has 1 aromatic rings. The zero-order valence-electron chi connectivity index (χ0n) is 13.4. The van der Waals surface area contributed by atoms with Crippen molar-refractivity contribution < 1.29 is 4.42 Å². The zero-order chi connectivity index (χ0) is 14.5. The molecule has 0 radical (unpaired) electrons. The van der Waals surface area contributed by atoms with Crippen molar-refractivity contribution in [2.75, 3.05) is 13.6 Å². The van der Waals surface area contributed by atoms with E-state index in [9.17, 15) is 0 Å². The second kappa shape index (κ2) is 7.11. The van der Waals surface area contributed by atoms with Gasteiger partial charge in [-0.2, -0.15) is 0 Å². The molecular formula is C16H30N2O. The smallest absolute Gasteiger partial charge is 0.118 e. The Hall–Kier alpha value is -0.800. The topological polar surface area (TPSA) is 28.4 Å². The molecule has 1 heterocycles. The summed E-state index contributed by atoms with van der Waals surface area (Å²) < 4.78 is 5.63. The van der Waals surface area contributed by atoms with Crippen LogP contribution in [-0.2, 0) is 13.1 Å². The molecular weight excluding hydrogens is 236 g/mol. The van der Waals surface area contributed by atoms with E-state index in [4.69, 9.17) is 4.42 Å². The predicted octanol–water partition coefficient (Wildman–Crippen LogP) is 3.65. The normalized spacial score (nSPS) is 14.1. The molecule has 110 valence electrons. The van der Waals surface area contributed by atoms with Gasteiger partial charge in [0.2, 0.25) is 0 Å². The van der Waals surface area contributed by atoms with Crippen LogP contribution in [0.3, 0.4) is 0 Å². The molecule has 0 aliphatic rings. The minimum atomic E-state index is 0.144. The minimum absolute atomic E-state index is 0.144. The second-order valence-corrected chi connectivity index (χ2v) is 6.73. The Morgan fingerprint density at radius 1 is 1.37 bits per heavy atom. The molecule has 0 aromatic carbocycles. The molecule has 0 saturated carbocycles. The van der Waals surface area contributed by atoms with Gasteiger partial charge in [0, 0.05) is 24.2 Å². The molecule has 0 bridgehead atoms. The largest absolute Gasteiger partial charge is 0.468 e. The fraction of sp³-hybridized carbons (Fsp3) is 0.750. The average molecular weight is 266 g/mol. The maximum atomic E-state index is 5.63. The van der Waals surface area contributed by atoms with Crippen LogP contribution in [0.25, 0.3) is 0 Å². The van der Waals surface area contributed by atoms with Crippen LogP contribution in [0.15, 0.2) is 16.7 Å². The highest BCUT2D eigenvalue weighted by Gasteiger charge is 2.11. The monoisotopic (exact) mass is 266 g/mol. The van der Waals surface area contributed by atoms with Crippen LogP contribution in [0.2, 0.25) is 0 Å². The van der Waals surface area contributed by atoms with Gasteiger partial charge >= 0.3 is 0 Å². The van der Waals surface area contributed by atoms with Gasteiger partial charge in [0.1, 0.15) is 5.76 Å². The fourth-order valence-electron chi connectivity index (χ4n) is 1.96. The lowest BCUT2D eigenvalue weighted by molar-refractivity contribution is 0.254. The summed E-state index contributed by atoms with van der Waals surface area (Å²) in [4.78, 5) is 2.33. The summed E-state index contributed by atoms with van der Waals surface area (Å²) in [5.74, 6) is 1.79. The summed E-state index contributed by atoms with van der Waals surface area (Å²) in [6, 6.07) is 2.16. The lowest BCUT2D eigenvalue weighted by atomic mass is 10.1. The number of hydrogen-bond acceptors (Lipinski definition) is 3. The Kier molecular flexibility index (Phi) is 6.08. The molecule has 1 aromatic heterocycles. The summed E-state index contributed by atoms with van der Waals surface area (Å²) in [6.45, 7) is 13.9. The van der Waals surface area contributed by atoms with Crippen molar-refractivity contribution in [1.82, 2.24) is 10.2 Å². The first-order valence-electron chi connectivity index (χ1n) is 7.30. The van der Waals surface area contributed by atoms with Crippen LogP contribution in [0.5, 0.6) is 0 Å². The van der Waals surface area contributed by atoms with Gasteiger partial charge in [0.25, 0.3) is 0 Å². The van der Waals surface area contributed by atoms with Crippen LogP contribution >= 0.6 is 0 Å². The molecule has 0 saturated heterocycles. The average Bonchev–Trinajstić information content (AvgIpc) is 2.73.